The Morgan fingerprint density at radius 3 is 2.93 bits per heavy atom. The van der Waals surface area contributed by atoms with Crippen LogP contribution in [-0.2, 0) is 0 Å². The quantitative estimate of drug-likeness (QED) is 0.897. The third-order valence-electron chi connectivity index (χ3n) is 1.77. The first-order chi connectivity index (χ1) is 7.16. The van der Waals surface area contributed by atoms with Gasteiger partial charge in [0.1, 0.15) is 0 Å². The Labute approximate surface area is 93.9 Å². The number of thiazole rings is 1. The first kappa shape index (κ1) is 10.6. The zero-order valence-corrected chi connectivity index (χ0v) is 9.08. The number of halogens is 3. The van der Waals surface area contributed by atoms with Gasteiger partial charge in [-0.2, -0.15) is 0 Å². The van der Waals surface area contributed by atoms with Gasteiger partial charge in [0.2, 0.25) is 0 Å². The maximum Gasteiger partial charge on any atom is 0.255 e. The molecule has 0 saturated carbocycles. The maximum absolute atomic E-state index is 11.9. The first-order valence-electron chi connectivity index (χ1n) is 4.24. The number of aromatic nitrogens is 1. The Hall–Kier alpha value is -0.940. The molecule has 2 rings (SSSR count). The van der Waals surface area contributed by atoms with Gasteiger partial charge < -0.3 is 5.32 Å². The molecule has 0 unspecified atom stereocenters. The van der Waals surface area contributed by atoms with Crippen molar-refractivity contribution in [3.63, 3.8) is 0 Å². The number of nitrogens with zero attached hydrogens (tertiary/aromatic N) is 1. The highest BCUT2D eigenvalue weighted by Gasteiger charge is 2.08. The van der Waals surface area contributed by atoms with E-state index in [0.717, 1.165) is 10.2 Å². The monoisotopic (exact) mass is 248 g/mol. The largest absolute Gasteiger partial charge is 0.356 e. The lowest BCUT2D eigenvalue weighted by molar-refractivity contribution is 0.163. The summed E-state index contributed by atoms with van der Waals surface area (Å²) in [5, 5.41) is 3.62. The summed E-state index contributed by atoms with van der Waals surface area (Å²) in [7, 11) is 0. The molecule has 2 nitrogen and oxygen atoms in total. The van der Waals surface area contributed by atoms with Crippen LogP contribution in [-0.4, -0.2) is 18.0 Å². The van der Waals surface area contributed by atoms with Crippen LogP contribution in [0.2, 0.25) is 5.02 Å². The molecule has 0 atom stereocenters. The van der Waals surface area contributed by atoms with Crippen molar-refractivity contribution in [1.29, 1.82) is 0 Å². The van der Waals surface area contributed by atoms with Crippen molar-refractivity contribution in [3.05, 3.63) is 23.2 Å². The van der Waals surface area contributed by atoms with E-state index in [0.29, 0.717) is 10.2 Å². The number of hydrogen-bond acceptors (Lipinski definition) is 3. The lowest BCUT2D eigenvalue weighted by atomic mass is 10.3. The second-order valence-electron chi connectivity index (χ2n) is 2.88. The molecular weight excluding hydrogens is 242 g/mol. The predicted molar refractivity (Wildman–Crippen MR) is 59.1 cm³/mol. The zero-order chi connectivity index (χ0) is 10.8. The van der Waals surface area contributed by atoms with E-state index in [4.69, 9.17) is 11.6 Å². The molecule has 1 aromatic heterocycles. The summed E-state index contributed by atoms with van der Waals surface area (Å²) >= 11 is 7.21. The minimum Gasteiger partial charge on any atom is -0.356 e. The molecule has 0 spiro atoms. The molecule has 0 fully saturated rings. The van der Waals surface area contributed by atoms with Gasteiger partial charge in [-0.1, -0.05) is 29.0 Å². The number of fused-ring (bicyclic) bond motifs is 1. The lowest BCUT2D eigenvalue weighted by Gasteiger charge is -1.98. The summed E-state index contributed by atoms with van der Waals surface area (Å²) < 4.78 is 24.7. The van der Waals surface area contributed by atoms with Gasteiger partial charge in [-0.15, -0.1) is 0 Å². The second-order valence-corrected chi connectivity index (χ2v) is 4.29. The van der Waals surface area contributed by atoms with Crippen molar-refractivity contribution in [1.82, 2.24) is 4.98 Å². The molecule has 0 aliphatic rings. The highest BCUT2D eigenvalue weighted by molar-refractivity contribution is 7.22. The van der Waals surface area contributed by atoms with Crippen molar-refractivity contribution in [2.75, 3.05) is 11.9 Å². The van der Waals surface area contributed by atoms with Crippen molar-refractivity contribution >= 4 is 38.3 Å². The van der Waals surface area contributed by atoms with E-state index in [1.165, 1.54) is 11.3 Å². The Bertz CT molecular complexity index is 472. The molecule has 0 aliphatic heterocycles. The van der Waals surface area contributed by atoms with Gasteiger partial charge in [-0.25, -0.2) is 13.8 Å². The molecule has 0 amide bonds. The van der Waals surface area contributed by atoms with Crippen LogP contribution in [0.15, 0.2) is 18.2 Å². The fraction of sp³-hybridized carbons (Fsp3) is 0.222. The molecule has 6 heteroatoms. The van der Waals surface area contributed by atoms with Crippen LogP contribution in [0, 0.1) is 0 Å². The van der Waals surface area contributed by atoms with Crippen molar-refractivity contribution in [2.24, 2.45) is 0 Å². The molecule has 0 saturated heterocycles. The summed E-state index contributed by atoms with van der Waals surface area (Å²) in [4.78, 5) is 4.14. The summed E-state index contributed by atoms with van der Waals surface area (Å²) in [6.45, 7) is -0.391. The van der Waals surface area contributed by atoms with E-state index >= 15 is 0 Å². The maximum atomic E-state index is 11.9. The van der Waals surface area contributed by atoms with Crippen LogP contribution in [0.4, 0.5) is 13.9 Å². The van der Waals surface area contributed by atoms with E-state index in [2.05, 4.69) is 10.3 Å². The number of rotatable bonds is 3. The van der Waals surface area contributed by atoms with Crippen molar-refractivity contribution in [3.8, 4) is 0 Å². The fourth-order valence-corrected chi connectivity index (χ4v) is 2.32. The molecule has 1 heterocycles. The third kappa shape index (κ3) is 2.35. The average molecular weight is 249 g/mol. The van der Waals surface area contributed by atoms with Crippen LogP contribution in [0.25, 0.3) is 10.2 Å². The molecular formula is C9H7ClF2N2S. The molecule has 0 bridgehead atoms. The van der Waals surface area contributed by atoms with E-state index < -0.39 is 13.0 Å². The fourth-order valence-electron chi connectivity index (χ4n) is 1.16. The summed E-state index contributed by atoms with van der Waals surface area (Å²) in [5.74, 6) is 0. The predicted octanol–water partition coefficient (Wildman–Crippen LogP) is 3.63. The first-order valence-corrected chi connectivity index (χ1v) is 5.43. The smallest absolute Gasteiger partial charge is 0.255 e. The van der Waals surface area contributed by atoms with Crippen molar-refractivity contribution in [2.45, 2.75) is 6.43 Å². The molecule has 80 valence electrons. The van der Waals surface area contributed by atoms with E-state index in [9.17, 15) is 8.78 Å². The minimum atomic E-state index is -2.38. The van der Waals surface area contributed by atoms with Crippen LogP contribution < -0.4 is 5.32 Å². The van der Waals surface area contributed by atoms with E-state index in [-0.39, 0.29) is 0 Å². The lowest BCUT2D eigenvalue weighted by Crippen LogP contribution is -2.09. The number of hydrogen-bond donors (Lipinski definition) is 1. The Balaban J connectivity index is 2.27. The Morgan fingerprint density at radius 1 is 1.47 bits per heavy atom. The van der Waals surface area contributed by atoms with Gasteiger partial charge in [0.15, 0.2) is 5.13 Å². The van der Waals surface area contributed by atoms with Crippen molar-refractivity contribution < 1.29 is 8.78 Å². The summed E-state index contributed by atoms with van der Waals surface area (Å²) in [6, 6.07) is 5.32. The zero-order valence-electron chi connectivity index (χ0n) is 7.51. The van der Waals surface area contributed by atoms with E-state index in [1.807, 2.05) is 0 Å². The Morgan fingerprint density at radius 2 is 2.27 bits per heavy atom. The molecule has 15 heavy (non-hydrogen) atoms. The van der Waals surface area contributed by atoms with Gasteiger partial charge in [0.25, 0.3) is 6.43 Å². The summed E-state index contributed by atoms with van der Waals surface area (Å²) in [5.41, 5.74) is 0.726. The molecule has 2 aromatic rings. The highest BCUT2D eigenvalue weighted by Crippen LogP contribution is 2.31. The normalized spacial score (nSPS) is 11.2. The Kier molecular flexibility index (Phi) is 3.02. The number of benzene rings is 1. The van der Waals surface area contributed by atoms with Gasteiger partial charge in [-0.3, -0.25) is 0 Å². The molecule has 1 aromatic carbocycles. The van der Waals surface area contributed by atoms with Gasteiger partial charge in [0.05, 0.1) is 21.8 Å². The average Bonchev–Trinajstić information content (AvgIpc) is 2.59. The number of alkyl halides is 2. The molecule has 0 radical (unpaired) electrons. The van der Waals surface area contributed by atoms with Crippen LogP contribution in [0.1, 0.15) is 0 Å². The standard InChI is InChI=1S/C9H7ClF2N2S/c10-5-2-1-3-6-8(5)15-9(14-6)13-4-7(11)12/h1-3,7H,4H2,(H,13,14). The second kappa shape index (κ2) is 4.28. The highest BCUT2D eigenvalue weighted by atomic mass is 35.5. The summed E-state index contributed by atoms with van der Waals surface area (Å²) in [6.07, 6.45) is -2.38. The van der Waals surface area contributed by atoms with Gasteiger partial charge in [0, 0.05) is 0 Å². The molecule has 0 aliphatic carbocycles. The topological polar surface area (TPSA) is 24.9 Å². The third-order valence-corrected chi connectivity index (χ3v) is 3.26. The molecule has 1 N–H and O–H groups in total. The minimum absolute atomic E-state index is 0.391. The van der Waals surface area contributed by atoms with Crippen LogP contribution in [0.5, 0.6) is 0 Å². The van der Waals surface area contributed by atoms with Gasteiger partial charge in [-0.05, 0) is 12.1 Å². The number of anilines is 1. The number of nitrogens with one attached hydrogen (secondary N) is 1. The van der Waals surface area contributed by atoms with Crippen LogP contribution >= 0.6 is 22.9 Å². The van der Waals surface area contributed by atoms with Gasteiger partial charge >= 0.3 is 0 Å². The SMILES string of the molecule is FC(F)CNc1nc2cccc(Cl)c2s1. The van der Waals surface area contributed by atoms with E-state index in [1.54, 1.807) is 18.2 Å². The van der Waals surface area contributed by atoms with Crippen LogP contribution in [0.3, 0.4) is 0 Å².